The zero-order valence-corrected chi connectivity index (χ0v) is 15.0. The Morgan fingerprint density at radius 3 is 1.79 bits per heavy atom. The number of cyclic esters (lactones) is 4. The zero-order chi connectivity index (χ0) is 18.9. The fourth-order valence-corrected chi connectivity index (χ4v) is 1.83. The normalized spacial score (nSPS) is 19.0. The van der Waals surface area contributed by atoms with E-state index in [1.165, 1.54) is 12.0 Å². The number of rotatable bonds is 3. The van der Waals surface area contributed by atoms with Gasteiger partial charge in [0, 0.05) is 12.2 Å². The minimum Gasteiger partial charge on any atom is -0.393 e. The first-order chi connectivity index (χ1) is 11.0. The van der Waals surface area contributed by atoms with Gasteiger partial charge in [-0.2, -0.15) is 0 Å². The molecule has 1 unspecified atom stereocenters. The maximum atomic E-state index is 10.3. The van der Waals surface area contributed by atoms with Gasteiger partial charge >= 0.3 is 23.9 Å². The second kappa shape index (κ2) is 9.80. The van der Waals surface area contributed by atoms with Crippen LogP contribution in [0.5, 0.6) is 0 Å². The third-order valence-corrected chi connectivity index (χ3v) is 3.38. The van der Waals surface area contributed by atoms with Crippen molar-refractivity contribution in [1.29, 1.82) is 0 Å². The molecule has 0 amide bonds. The van der Waals surface area contributed by atoms with Crippen LogP contribution in [-0.2, 0) is 28.7 Å². The number of carbonyl (C=O) groups excluding carboxylic acids is 4. The molecule has 1 atom stereocenters. The standard InChI is InChI=1S/C9H18.C5H6O3.C4H2O3/c1-6-9(4,5)7-8(2)3;1-3-2-4(6)8-5(3)7;5-3-1-2-4(6)7-3/h2,6-7H2,1,3-5H3;3H,2H2,1H3;1-2H. The first-order valence-corrected chi connectivity index (χ1v) is 7.79. The van der Waals surface area contributed by atoms with E-state index in [4.69, 9.17) is 0 Å². The van der Waals surface area contributed by atoms with Crippen LogP contribution in [0.4, 0.5) is 0 Å². The molecule has 0 bridgehead atoms. The molecule has 6 nitrogen and oxygen atoms in total. The van der Waals surface area contributed by atoms with Crippen molar-refractivity contribution in [1.82, 2.24) is 0 Å². The van der Waals surface area contributed by atoms with Crippen LogP contribution in [-0.4, -0.2) is 23.9 Å². The van der Waals surface area contributed by atoms with E-state index in [0.717, 1.165) is 18.6 Å². The van der Waals surface area contributed by atoms with Crippen LogP contribution in [0.2, 0.25) is 0 Å². The van der Waals surface area contributed by atoms with Crippen molar-refractivity contribution in [3.63, 3.8) is 0 Å². The number of carbonyl (C=O) groups is 4. The summed E-state index contributed by atoms with van der Waals surface area (Å²) in [6, 6.07) is 0. The molecule has 0 aromatic rings. The van der Waals surface area contributed by atoms with Crippen LogP contribution in [0.15, 0.2) is 24.3 Å². The molecule has 134 valence electrons. The maximum absolute atomic E-state index is 10.3. The molecule has 2 heterocycles. The lowest BCUT2D eigenvalue weighted by Gasteiger charge is -2.21. The van der Waals surface area contributed by atoms with E-state index in [0.29, 0.717) is 5.41 Å². The molecule has 2 aliphatic heterocycles. The molecule has 24 heavy (non-hydrogen) atoms. The molecule has 1 saturated heterocycles. The molecule has 0 saturated carbocycles. The smallest absolute Gasteiger partial charge is 0.338 e. The van der Waals surface area contributed by atoms with Gasteiger partial charge in [-0.3, -0.25) is 9.59 Å². The summed E-state index contributed by atoms with van der Waals surface area (Å²) >= 11 is 0. The topological polar surface area (TPSA) is 86.7 Å². The van der Waals surface area contributed by atoms with Crippen molar-refractivity contribution >= 4 is 23.9 Å². The summed E-state index contributed by atoms with van der Waals surface area (Å²) in [7, 11) is 0. The minimum absolute atomic E-state index is 0.220. The molecule has 0 N–H and O–H groups in total. The van der Waals surface area contributed by atoms with Crippen molar-refractivity contribution in [3.05, 3.63) is 24.3 Å². The Morgan fingerprint density at radius 1 is 1.17 bits per heavy atom. The first kappa shape index (κ1) is 21.8. The van der Waals surface area contributed by atoms with E-state index in [1.807, 2.05) is 0 Å². The SMILES string of the molecule is C=C(C)CC(C)(C)CC.CC1CC(=O)OC1=O.O=C1C=CC(=O)O1. The highest BCUT2D eigenvalue weighted by atomic mass is 16.6. The predicted molar refractivity (Wildman–Crippen MR) is 88.6 cm³/mol. The van der Waals surface area contributed by atoms with Crippen LogP contribution in [0, 0.1) is 11.3 Å². The number of esters is 4. The van der Waals surface area contributed by atoms with E-state index < -0.39 is 23.9 Å². The first-order valence-electron chi connectivity index (χ1n) is 7.79. The highest BCUT2D eigenvalue weighted by Crippen LogP contribution is 2.27. The van der Waals surface area contributed by atoms with Crippen LogP contribution < -0.4 is 0 Å². The summed E-state index contributed by atoms with van der Waals surface area (Å²) in [5, 5.41) is 0. The van der Waals surface area contributed by atoms with Gasteiger partial charge in [-0.15, -0.1) is 6.58 Å². The highest BCUT2D eigenvalue weighted by Gasteiger charge is 2.28. The third-order valence-electron chi connectivity index (χ3n) is 3.38. The quantitative estimate of drug-likeness (QED) is 0.446. The van der Waals surface area contributed by atoms with E-state index >= 15 is 0 Å². The lowest BCUT2D eigenvalue weighted by Crippen LogP contribution is -2.08. The molecule has 0 aromatic carbocycles. The zero-order valence-electron chi connectivity index (χ0n) is 15.0. The van der Waals surface area contributed by atoms with E-state index in [1.54, 1.807) is 6.92 Å². The Kier molecular flexibility index (Phi) is 8.89. The van der Waals surface area contributed by atoms with Crippen LogP contribution >= 0.6 is 0 Å². The number of ether oxygens (including phenoxy) is 2. The molecule has 0 aromatic heterocycles. The second-order valence-corrected chi connectivity index (χ2v) is 6.62. The van der Waals surface area contributed by atoms with Gasteiger partial charge in [-0.1, -0.05) is 39.7 Å². The lowest BCUT2D eigenvalue weighted by atomic mass is 9.84. The van der Waals surface area contributed by atoms with Gasteiger partial charge in [-0.25, -0.2) is 9.59 Å². The molecular formula is C18H26O6. The highest BCUT2D eigenvalue weighted by molar-refractivity contribution is 6.04. The summed E-state index contributed by atoms with van der Waals surface area (Å²) in [6.45, 7) is 14.4. The largest absolute Gasteiger partial charge is 0.393 e. The average Bonchev–Trinajstić information content (AvgIpc) is 2.94. The minimum atomic E-state index is -0.579. The second-order valence-electron chi connectivity index (χ2n) is 6.62. The monoisotopic (exact) mass is 338 g/mol. The Hall–Kier alpha value is -2.24. The predicted octanol–water partition coefficient (Wildman–Crippen LogP) is 3.11. The lowest BCUT2D eigenvalue weighted by molar-refractivity contribution is -0.153. The number of hydrogen-bond acceptors (Lipinski definition) is 6. The summed E-state index contributed by atoms with van der Waals surface area (Å²) in [6.07, 6.45) is 4.81. The van der Waals surface area contributed by atoms with Gasteiger partial charge in [0.2, 0.25) is 0 Å². The molecule has 0 spiro atoms. The summed E-state index contributed by atoms with van der Waals surface area (Å²) in [5.41, 5.74) is 1.76. The Balaban J connectivity index is 0.000000332. The number of allylic oxidation sites excluding steroid dienone is 1. The molecule has 1 fully saturated rings. The van der Waals surface area contributed by atoms with E-state index in [-0.39, 0.29) is 12.3 Å². The molecule has 6 heteroatoms. The molecule has 2 aliphatic rings. The Labute approximate surface area is 142 Å². The van der Waals surface area contributed by atoms with Crippen LogP contribution in [0.3, 0.4) is 0 Å². The van der Waals surface area contributed by atoms with E-state index in [9.17, 15) is 19.2 Å². The average molecular weight is 338 g/mol. The Morgan fingerprint density at radius 2 is 1.67 bits per heavy atom. The fourth-order valence-electron chi connectivity index (χ4n) is 1.83. The molecule has 0 aliphatic carbocycles. The van der Waals surface area contributed by atoms with Gasteiger partial charge in [-0.05, 0) is 18.8 Å². The summed E-state index contributed by atoms with van der Waals surface area (Å²) < 4.78 is 8.17. The van der Waals surface area contributed by atoms with Crippen molar-refractivity contribution < 1.29 is 28.7 Å². The van der Waals surface area contributed by atoms with Gasteiger partial charge in [0.15, 0.2) is 0 Å². The third kappa shape index (κ3) is 9.71. The van der Waals surface area contributed by atoms with Crippen molar-refractivity contribution in [2.75, 3.05) is 0 Å². The molecule has 2 rings (SSSR count). The molecule has 0 radical (unpaired) electrons. The molecular weight excluding hydrogens is 312 g/mol. The van der Waals surface area contributed by atoms with Crippen molar-refractivity contribution in [3.8, 4) is 0 Å². The van der Waals surface area contributed by atoms with Gasteiger partial charge in [0.25, 0.3) is 0 Å². The van der Waals surface area contributed by atoms with E-state index in [2.05, 4.69) is 43.7 Å². The van der Waals surface area contributed by atoms with Crippen molar-refractivity contribution in [2.24, 2.45) is 11.3 Å². The summed E-state index contributed by atoms with van der Waals surface area (Å²) in [5.74, 6) is -2.17. The summed E-state index contributed by atoms with van der Waals surface area (Å²) in [4.78, 5) is 40.4. The Bertz CT molecular complexity index is 526. The van der Waals surface area contributed by atoms with Gasteiger partial charge in [0.05, 0.1) is 12.3 Å². The maximum Gasteiger partial charge on any atom is 0.338 e. The van der Waals surface area contributed by atoms with Gasteiger partial charge in [0.1, 0.15) is 0 Å². The van der Waals surface area contributed by atoms with Crippen LogP contribution in [0.1, 0.15) is 53.9 Å². The van der Waals surface area contributed by atoms with Crippen molar-refractivity contribution in [2.45, 2.75) is 53.9 Å². The fraction of sp³-hybridized carbons (Fsp3) is 0.556. The van der Waals surface area contributed by atoms with Crippen LogP contribution in [0.25, 0.3) is 0 Å². The van der Waals surface area contributed by atoms with Gasteiger partial charge < -0.3 is 9.47 Å². The number of hydrogen-bond donors (Lipinski definition) is 0.